The van der Waals surface area contributed by atoms with E-state index >= 15 is 0 Å². The summed E-state index contributed by atoms with van der Waals surface area (Å²) in [4.78, 5) is 5.59. The summed E-state index contributed by atoms with van der Waals surface area (Å²) in [5.41, 5.74) is 5.35. The van der Waals surface area contributed by atoms with Crippen molar-refractivity contribution in [2.75, 3.05) is 0 Å². The molecule has 98 valence electrons. The van der Waals surface area contributed by atoms with Gasteiger partial charge in [0.05, 0.1) is 12.1 Å². The summed E-state index contributed by atoms with van der Waals surface area (Å²) in [5, 5.41) is 0. The first-order valence-electron chi connectivity index (χ1n) is 6.52. The van der Waals surface area contributed by atoms with E-state index in [1.807, 2.05) is 50.2 Å². The van der Waals surface area contributed by atoms with Gasteiger partial charge < -0.3 is 4.74 Å². The molecule has 2 aromatic rings. The second-order valence-corrected chi connectivity index (χ2v) is 4.90. The van der Waals surface area contributed by atoms with E-state index in [1.165, 1.54) is 0 Å². The van der Waals surface area contributed by atoms with Gasteiger partial charge in [-0.3, -0.25) is 4.84 Å². The van der Waals surface area contributed by atoms with E-state index < -0.39 is 0 Å². The van der Waals surface area contributed by atoms with E-state index in [0.29, 0.717) is 0 Å². The van der Waals surface area contributed by atoms with Crippen LogP contribution in [0.4, 0.5) is 0 Å². The van der Waals surface area contributed by atoms with Gasteiger partial charge in [-0.05, 0) is 26.0 Å². The molecule has 0 fully saturated rings. The number of para-hydroxylation sites is 2. The van der Waals surface area contributed by atoms with Crippen molar-refractivity contribution in [3.8, 4) is 11.5 Å². The molecule has 3 nitrogen and oxygen atoms in total. The summed E-state index contributed by atoms with van der Waals surface area (Å²) in [7, 11) is 0. The largest absolute Gasteiger partial charge is 0.457 e. The number of fused-ring (bicyclic) bond motifs is 2. The van der Waals surface area contributed by atoms with Crippen molar-refractivity contribution in [2.45, 2.75) is 26.0 Å². The van der Waals surface area contributed by atoms with Gasteiger partial charge in [0.15, 0.2) is 0 Å². The number of benzene rings is 2. The van der Waals surface area contributed by atoms with Crippen LogP contribution in [0.2, 0.25) is 0 Å². The number of hydroxylamine groups is 1. The molecule has 3 heteroatoms. The average molecular weight is 255 g/mol. The highest BCUT2D eigenvalue weighted by Crippen LogP contribution is 2.42. The summed E-state index contributed by atoms with van der Waals surface area (Å²) in [6, 6.07) is 16.1. The summed E-state index contributed by atoms with van der Waals surface area (Å²) in [6.45, 7) is 4.01. The molecule has 0 aromatic heterocycles. The Morgan fingerprint density at radius 2 is 1.47 bits per heavy atom. The normalized spacial score (nSPS) is 13.8. The maximum atomic E-state index is 5.92. The molecule has 0 saturated carbocycles. The number of hydrogen-bond acceptors (Lipinski definition) is 3. The fraction of sp³-hybridized carbons (Fsp3) is 0.250. The topological polar surface area (TPSA) is 30.5 Å². The second kappa shape index (κ2) is 5.03. The van der Waals surface area contributed by atoms with Gasteiger partial charge >= 0.3 is 0 Å². The van der Waals surface area contributed by atoms with Crippen molar-refractivity contribution in [2.24, 2.45) is 0 Å². The van der Waals surface area contributed by atoms with E-state index in [4.69, 9.17) is 9.57 Å². The first-order valence-corrected chi connectivity index (χ1v) is 6.52. The van der Waals surface area contributed by atoms with Crippen molar-refractivity contribution in [1.82, 2.24) is 5.48 Å². The molecule has 3 rings (SSSR count). The molecule has 0 spiro atoms. The van der Waals surface area contributed by atoms with Gasteiger partial charge in [0.2, 0.25) is 0 Å². The predicted octanol–water partition coefficient (Wildman–Crippen LogP) is 3.81. The minimum Gasteiger partial charge on any atom is -0.457 e. The van der Waals surface area contributed by atoms with Gasteiger partial charge in [-0.1, -0.05) is 36.4 Å². The standard InChI is InChI=1S/C16H17NO2/c1-11(2)19-17-16-12-7-3-5-9-14(12)18-15-10-6-4-8-13(15)16/h3-11,16-17H,1-2H3. The SMILES string of the molecule is CC(C)ONC1c2ccccc2Oc2ccccc21. The van der Waals surface area contributed by atoms with Crippen LogP contribution in [0.25, 0.3) is 0 Å². The van der Waals surface area contributed by atoms with Crippen molar-refractivity contribution in [3.05, 3.63) is 59.7 Å². The Hall–Kier alpha value is -1.84. The van der Waals surface area contributed by atoms with Crippen LogP contribution in [0.5, 0.6) is 11.5 Å². The van der Waals surface area contributed by atoms with E-state index in [1.54, 1.807) is 0 Å². The zero-order valence-corrected chi connectivity index (χ0v) is 11.1. The smallest absolute Gasteiger partial charge is 0.132 e. The van der Waals surface area contributed by atoms with Crippen LogP contribution >= 0.6 is 0 Å². The Kier molecular flexibility index (Phi) is 3.23. The first kappa shape index (κ1) is 12.2. The molecule has 1 aliphatic rings. The maximum absolute atomic E-state index is 5.92. The zero-order valence-electron chi connectivity index (χ0n) is 11.1. The second-order valence-electron chi connectivity index (χ2n) is 4.90. The molecule has 0 bridgehead atoms. The van der Waals surface area contributed by atoms with Crippen LogP contribution in [0.3, 0.4) is 0 Å². The lowest BCUT2D eigenvalue weighted by Crippen LogP contribution is -2.28. The van der Waals surface area contributed by atoms with Gasteiger partial charge in [-0.25, -0.2) is 0 Å². The highest BCUT2D eigenvalue weighted by atomic mass is 16.7. The van der Waals surface area contributed by atoms with Crippen LogP contribution in [0, 0.1) is 0 Å². The van der Waals surface area contributed by atoms with Crippen molar-refractivity contribution < 1.29 is 9.57 Å². The van der Waals surface area contributed by atoms with Gasteiger partial charge in [0.1, 0.15) is 11.5 Å². The summed E-state index contributed by atoms with van der Waals surface area (Å²) < 4.78 is 5.92. The number of rotatable bonds is 3. The highest BCUT2D eigenvalue weighted by Gasteiger charge is 2.26. The van der Waals surface area contributed by atoms with Gasteiger partial charge in [-0.2, -0.15) is 5.48 Å². The van der Waals surface area contributed by atoms with Gasteiger partial charge in [-0.15, -0.1) is 0 Å². The van der Waals surface area contributed by atoms with E-state index in [0.717, 1.165) is 22.6 Å². The van der Waals surface area contributed by atoms with E-state index in [-0.39, 0.29) is 12.1 Å². The third kappa shape index (κ3) is 2.35. The molecule has 1 aliphatic heterocycles. The molecule has 2 aromatic carbocycles. The van der Waals surface area contributed by atoms with Crippen LogP contribution in [0.15, 0.2) is 48.5 Å². The highest BCUT2D eigenvalue weighted by molar-refractivity contribution is 5.52. The Balaban J connectivity index is 2.01. The van der Waals surface area contributed by atoms with Crippen molar-refractivity contribution in [3.63, 3.8) is 0 Å². The molecule has 0 saturated heterocycles. The van der Waals surface area contributed by atoms with E-state index in [9.17, 15) is 0 Å². The summed E-state index contributed by atoms with van der Waals surface area (Å²) in [5.74, 6) is 1.76. The minimum atomic E-state index is 0.00329. The van der Waals surface area contributed by atoms with Crippen LogP contribution in [-0.4, -0.2) is 6.10 Å². The Morgan fingerprint density at radius 1 is 0.947 bits per heavy atom. The zero-order chi connectivity index (χ0) is 13.2. The monoisotopic (exact) mass is 255 g/mol. The Labute approximate surface area is 113 Å². The lowest BCUT2D eigenvalue weighted by Gasteiger charge is -2.29. The van der Waals surface area contributed by atoms with E-state index in [2.05, 4.69) is 17.6 Å². The summed E-state index contributed by atoms with van der Waals surface area (Å²) >= 11 is 0. The third-order valence-corrected chi connectivity index (χ3v) is 3.10. The van der Waals surface area contributed by atoms with Crippen molar-refractivity contribution >= 4 is 0 Å². The lowest BCUT2D eigenvalue weighted by molar-refractivity contribution is -0.0206. The molecule has 1 N–H and O–H groups in total. The lowest BCUT2D eigenvalue weighted by atomic mass is 9.95. The quantitative estimate of drug-likeness (QED) is 0.846. The number of nitrogens with one attached hydrogen (secondary N) is 1. The number of ether oxygens (including phenoxy) is 1. The molecule has 19 heavy (non-hydrogen) atoms. The van der Waals surface area contributed by atoms with Crippen molar-refractivity contribution in [1.29, 1.82) is 0 Å². The Morgan fingerprint density at radius 3 is 2.00 bits per heavy atom. The molecular weight excluding hydrogens is 238 g/mol. The summed E-state index contributed by atoms with van der Waals surface area (Å²) in [6.07, 6.45) is 0.127. The van der Waals surface area contributed by atoms with Gasteiger partial charge in [0.25, 0.3) is 0 Å². The van der Waals surface area contributed by atoms with Crippen LogP contribution in [-0.2, 0) is 4.84 Å². The maximum Gasteiger partial charge on any atom is 0.132 e. The van der Waals surface area contributed by atoms with Gasteiger partial charge in [0, 0.05) is 11.1 Å². The minimum absolute atomic E-state index is 0.00329. The molecule has 0 aliphatic carbocycles. The molecule has 0 atom stereocenters. The Bertz CT molecular complexity index is 535. The molecule has 0 radical (unpaired) electrons. The first-order chi connectivity index (χ1) is 9.25. The number of hydrogen-bond donors (Lipinski definition) is 1. The third-order valence-electron chi connectivity index (χ3n) is 3.10. The molecule has 0 unspecified atom stereocenters. The molecule has 0 amide bonds. The molecular formula is C16H17NO2. The molecule has 1 heterocycles. The predicted molar refractivity (Wildman–Crippen MR) is 74.2 cm³/mol. The fourth-order valence-corrected chi connectivity index (χ4v) is 2.24. The average Bonchev–Trinajstić information content (AvgIpc) is 2.43. The van der Waals surface area contributed by atoms with Crippen LogP contribution in [0.1, 0.15) is 31.0 Å². The fourth-order valence-electron chi connectivity index (χ4n) is 2.24. The van der Waals surface area contributed by atoms with Crippen LogP contribution < -0.4 is 10.2 Å².